The van der Waals surface area contributed by atoms with Crippen LogP contribution in [-0.2, 0) is 0 Å². The first kappa shape index (κ1) is 34.6. The van der Waals surface area contributed by atoms with Crippen LogP contribution in [0.2, 0.25) is 0 Å². The number of furan rings is 2. The number of benzene rings is 11. The van der Waals surface area contributed by atoms with Crippen molar-refractivity contribution in [1.29, 1.82) is 0 Å². The van der Waals surface area contributed by atoms with Crippen LogP contribution in [0, 0.1) is 0 Å². The fraction of sp³-hybridized carbons (Fsp3) is 0. The molecule has 288 valence electrons. The highest BCUT2D eigenvalue weighted by Gasteiger charge is 2.22. The number of rotatable bonds is 5. The second-order valence-corrected chi connectivity index (χ2v) is 16.3. The van der Waals surface area contributed by atoms with E-state index in [9.17, 15) is 0 Å². The first-order chi connectivity index (χ1) is 30.7. The molecule has 0 amide bonds. The highest BCUT2D eigenvalue weighted by Crippen LogP contribution is 2.48. The summed E-state index contributed by atoms with van der Waals surface area (Å²) in [6, 6.07) is 78.6. The van der Waals surface area contributed by atoms with Gasteiger partial charge in [-0.1, -0.05) is 188 Å². The summed E-state index contributed by atoms with van der Waals surface area (Å²) < 4.78 is 13.4. The third-order valence-corrected chi connectivity index (χ3v) is 12.8. The molecular formula is C60H36O2. The lowest BCUT2D eigenvalue weighted by Crippen LogP contribution is -1.91. The Morgan fingerprint density at radius 2 is 0.758 bits per heavy atom. The average molecular weight is 789 g/mol. The molecule has 0 atom stereocenters. The van der Waals surface area contributed by atoms with Crippen LogP contribution in [0.3, 0.4) is 0 Å². The molecule has 13 rings (SSSR count). The van der Waals surface area contributed by atoms with E-state index in [0.717, 1.165) is 66.3 Å². The van der Waals surface area contributed by atoms with E-state index in [2.05, 4.69) is 212 Å². The summed E-state index contributed by atoms with van der Waals surface area (Å²) in [6.45, 7) is 0. The van der Waals surface area contributed by atoms with Gasteiger partial charge in [0.1, 0.15) is 22.5 Å². The van der Waals surface area contributed by atoms with Crippen molar-refractivity contribution < 1.29 is 8.83 Å². The lowest BCUT2D eigenvalue weighted by molar-refractivity contribution is 0.633. The van der Waals surface area contributed by atoms with Crippen molar-refractivity contribution in [3.05, 3.63) is 218 Å². The van der Waals surface area contributed by atoms with Crippen LogP contribution in [0.1, 0.15) is 0 Å². The van der Waals surface area contributed by atoms with Crippen LogP contribution < -0.4 is 0 Å². The maximum Gasteiger partial charge on any atom is 0.143 e. The maximum absolute atomic E-state index is 6.79. The maximum atomic E-state index is 6.79. The summed E-state index contributed by atoms with van der Waals surface area (Å²) >= 11 is 0. The molecule has 2 nitrogen and oxygen atoms in total. The van der Waals surface area contributed by atoms with Gasteiger partial charge in [0, 0.05) is 27.3 Å². The fourth-order valence-corrected chi connectivity index (χ4v) is 10.1. The van der Waals surface area contributed by atoms with Gasteiger partial charge in [0.05, 0.1) is 0 Å². The molecule has 2 aromatic heterocycles. The highest BCUT2D eigenvalue weighted by atomic mass is 16.3. The molecule has 0 fully saturated rings. The van der Waals surface area contributed by atoms with Gasteiger partial charge < -0.3 is 8.83 Å². The van der Waals surface area contributed by atoms with Crippen LogP contribution >= 0.6 is 0 Å². The molecule has 0 aliphatic rings. The van der Waals surface area contributed by atoms with Gasteiger partial charge in [-0.2, -0.15) is 0 Å². The number of hydrogen-bond acceptors (Lipinski definition) is 2. The van der Waals surface area contributed by atoms with Gasteiger partial charge in [-0.15, -0.1) is 0 Å². The molecule has 13 aromatic rings. The van der Waals surface area contributed by atoms with E-state index in [0.29, 0.717) is 0 Å². The Morgan fingerprint density at radius 1 is 0.242 bits per heavy atom. The SMILES string of the molecule is c1ccc(-c2oc3cc4c(-c5ccc(-c6c7ccccc7c(-c7cccc8oc9cc%10ccccc%10cc9c78)c7ccccc67)cc5)cccc4cc3c2-c2ccccc2)cc1. The van der Waals surface area contributed by atoms with Crippen molar-refractivity contribution in [2.45, 2.75) is 0 Å². The third-order valence-electron chi connectivity index (χ3n) is 12.8. The summed E-state index contributed by atoms with van der Waals surface area (Å²) in [5.41, 5.74) is 13.2. The average Bonchev–Trinajstić information content (AvgIpc) is 3.90. The molecule has 0 aliphatic heterocycles. The van der Waals surface area contributed by atoms with Crippen LogP contribution in [0.4, 0.5) is 0 Å². The molecule has 0 unspecified atom stereocenters. The molecule has 0 spiro atoms. The first-order valence-corrected chi connectivity index (χ1v) is 21.2. The van der Waals surface area contributed by atoms with Gasteiger partial charge in [-0.25, -0.2) is 0 Å². The highest BCUT2D eigenvalue weighted by molar-refractivity contribution is 6.26. The van der Waals surface area contributed by atoms with Gasteiger partial charge in [0.15, 0.2) is 0 Å². The van der Waals surface area contributed by atoms with E-state index in [1.54, 1.807) is 0 Å². The van der Waals surface area contributed by atoms with Gasteiger partial charge in [0.25, 0.3) is 0 Å². The topological polar surface area (TPSA) is 26.3 Å². The molecule has 2 heterocycles. The Labute approximate surface area is 357 Å². The predicted molar refractivity (Wildman–Crippen MR) is 261 cm³/mol. The van der Waals surface area contributed by atoms with Crippen molar-refractivity contribution in [3.63, 3.8) is 0 Å². The lowest BCUT2D eigenvalue weighted by Gasteiger charge is -2.18. The van der Waals surface area contributed by atoms with Crippen molar-refractivity contribution in [2.75, 3.05) is 0 Å². The quantitative estimate of drug-likeness (QED) is 0.162. The molecule has 0 aliphatic carbocycles. The summed E-state index contributed by atoms with van der Waals surface area (Å²) in [5.74, 6) is 0.891. The Balaban J connectivity index is 0.973. The molecule has 62 heavy (non-hydrogen) atoms. The second kappa shape index (κ2) is 13.7. The van der Waals surface area contributed by atoms with Crippen LogP contribution in [0.15, 0.2) is 227 Å². The minimum Gasteiger partial charge on any atom is -0.456 e. The number of hydrogen-bond donors (Lipinski definition) is 0. The molecule has 0 N–H and O–H groups in total. The standard InChI is InChI=1S/C60H36O2/c1-3-15-38(16-4-1)57-51-34-43-21-13-26-44(50(43)36-55(51)62-60(57)40-17-5-2-6-18-40)37-29-31-39(32-30-37)56-45-22-9-11-24-47(45)58(48-25-12-10-23-46(48)56)49-27-14-28-53-59(49)52-33-41-19-7-8-20-42(41)35-54(52)61-53/h1-36H. The second-order valence-electron chi connectivity index (χ2n) is 16.3. The van der Waals surface area contributed by atoms with Crippen molar-refractivity contribution in [1.82, 2.24) is 0 Å². The van der Waals surface area contributed by atoms with Crippen molar-refractivity contribution in [3.8, 4) is 55.8 Å². The lowest BCUT2D eigenvalue weighted by atomic mass is 9.84. The van der Waals surface area contributed by atoms with Crippen molar-refractivity contribution in [2.24, 2.45) is 0 Å². The van der Waals surface area contributed by atoms with Crippen molar-refractivity contribution >= 4 is 76.0 Å². The predicted octanol–water partition coefficient (Wildman–Crippen LogP) is 17.3. The fourth-order valence-electron chi connectivity index (χ4n) is 10.1. The van der Waals surface area contributed by atoms with Gasteiger partial charge >= 0.3 is 0 Å². The molecule has 0 saturated heterocycles. The van der Waals surface area contributed by atoms with Gasteiger partial charge in [-0.3, -0.25) is 0 Å². The van der Waals surface area contributed by atoms with E-state index in [1.165, 1.54) is 65.5 Å². The minimum absolute atomic E-state index is 0.879. The monoisotopic (exact) mass is 788 g/mol. The Kier molecular flexibility index (Phi) is 7.64. The van der Waals surface area contributed by atoms with Crippen LogP contribution in [0.25, 0.3) is 132 Å². The zero-order chi connectivity index (χ0) is 40.7. The van der Waals surface area contributed by atoms with E-state index in [4.69, 9.17) is 8.83 Å². The summed E-state index contributed by atoms with van der Waals surface area (Å²) in [4.78, 5) is 0. The summed E-state index contributed by atoms with van der Waals surface area (Å²) in [7, 11) is 0. The summed E-state index contributed by atoms with van der Waals surface area (Å²) in [5, 5.41) is 13.0. The Morgan fingerprint density at radius 3 is 1.47 bits per heavy atom. The molecular weight excluding hydrogens is 753 g/mol. The first-order valence-electron chi connectivity index (χ1n) is 21.2. The van der Waals surface area contributed by atoms with Gasteiger partial charge in [0.2, 0.25) is 0 Å². The van der Waals surface area contributed by atoms with E-state index in [1.807, 2.05) is 6.07 Å². The number of fused-ring (bicyclic) bond motifs is 8. The molecule has 0 saturated carbocycles. The summed E-state index contributed by atoms with van der Waals surface area (Å²) in [6.07, 6.45) is 0. The van der Waals surface area contributed by atoms with E-state index in [-0.39, 0.29) is 0 Å². The smallest absolute Gasteiger partial charge is 0.143 e. The van der Waals surface area contributed by atoms with E-state index < -0.39 is 0 Å². The third kappa shape index (κ3) is 5.30. The molecule has 11 aromatic carbocycles. The zero-order valence-electron chi connectivity index (χ0n) is 33.6. The van der Waals surface area contributed by atoms with Crippen LogP contribution in [0.5, 0.6) is 0 Å². The Bertz CT molecular complexity index is 3830. The van der Waals surface area contributed by atoms with E-state index >= 15 is 0 Å². The Hall–Kier alpha value is -8.20. The molecule has 0 radical (unpaired) electrons. The largest absolute Gasteiger partial charge is 0.456 e. The van der Waals surface area contributed by atoms with Gasteiger partial charge in [-0.05, 0) is 112 Å². The molecule has 2 heteroatoms. The minimum atomic E-state index is 0.879. The van der Waals surface area contributed by atoms with Crippen LogP contribution in [-0.4, -0.2) is 0 Å². The molecule has 0 bridgehead atoms. The normalized spacial score (nSPS) is 11.9. The zero-order valence-corrected chi connectivity index (χ0v) is 33.6.